The van der Waals surface area contributed by atoms with Crippen LogP contribution in [-0.4, -0.2) is 5.84 Å². The van der Waals surface area contributed by atoms with Crippen LogP contribution in [0, 0.1) is 0 Å². The Labute approximate surface area is 96.7 Å². The number of benzene rings is 1. The fraction of sp³-hybridized carbons (Fsp3) is 0.417. The Morgan fingerprint density at radius 1 is 1.25 bits per heavy atom. The number of rotatable bonds is 3. The molecule has 5 N–H and O–H groups in total. The number of nitrogens with one attached hydrogen (secondary N) is 1. The van der Waals surface area contributed by atoms with Crippen molar-refractivity contribution in [3.05, 3.63) is 35.4 Å². The smallest absolute Gasteiger partial charge is 0.125 e. The quantitative estimate of drug-likeness (QED) is 0.311. The third-order valence-corrected chi connectivity index (χ3v) is 2.41. The molecule has 0 fully saturated rings. The highest BCUT2D eigenvalue weighted by atomic mass is 15.5. The van der Waals surface area contributed by atoms with Gasteiger partial charge in [0.05, 0.1) is 0 Å². The molecule has 0 spiro atoms. The second kappa shape index (κ2) is 4.99. The predicted octanol–water partition coefficient (Wildman–Crippen LogP) is 1.26. The number of nitrogens with zero attached hydrogens (tertiary/aromatic N) is 1. The van der Waals surface area contributed by atoms with E-state index in [4.69, 9.17) is 11.6 Å². The minimum absolute atomic E-state index is 0.178. The van der Waals surface area contributed by atoms with E-state index < -0.39 is 0 Å². The third-order valence-electron chi connectivity index (χ3n) is 2.41. The summed E-state index contributed by atoms with van der Waals surface area (Å²) < 4.78 is 0. The summed E-state index contributed by atoms with van der Waals surface area (Å²) in [5.74, 6) is 5.52. The maximum absolute atomic E-state index is 5.65. The molecule has 0 atom stereocenters. The van der Waals surface area contributed by atoms with E-state index in [2.05, 4.69) is 55.7 Å². The molecule has 1 rings (SSSR count). The normalized spacial score (nSPS) is 12.6. The zero-order chi connectivity index (χ0) is 12.2. The van der Waals surface area contributed by atoms with Gasteiger partial charge in [-0.15, -0.1) is 0 Å². The SMILES string of the molecule is CC(C)(C)c1ccc(C/C(N)=N/NN)cc1. The van der Waals surface area contributed by atoms with Crippen LogP contribution < -0.4 is 17.1 Å². The number of hydrazine groups is 1. The van der Waals surface area contributed by atoms with Crippen LogP contribution in [0.1, 0.15) is 31.9 Å². The van der Waals surface area contributed by atoms with E-state index in [0.717, 1.165) is 5.56 Å². The topological polar surface area (TPSA) is 76.4 Å². The van der Waals surface area contributed by atoms with Gasteiger partial charge in [0.15, 0.2) is 0 Å². The predicted molar refractivity (Wildman–Crippen MR) is 67.8 cm³/mol. The molecule has 0 saturated heterocycles. The molecule has 0 aliphatic rings. The molecule has 0 aliphatic carbocycles. The average molecular weight is 220 g/mol. The third kappa shape index (κ3) is 3.55. The first kappa shape index (κ1) is 12.5. The Bertz CT molecular complexity index is 360. The molecular weight excluding hydrogens is 200 g/mol. The number of nitrogens with two attached hydrogens (primary N) is 2. The molecule has 1 aromatic rings. The minimum atomic E-state index is 0.178. The summed E-state index contributed by atoms with van der Waals surface area (Å²) >= 11 is 0. The van der Waals surface area contributed by atoms with E-state index in [-0.39, 0.29) is 5.41 Å². The molecule has 1 aromatic carbocycles. The Hall–Kier alpha value is -1.55. The van der Waals surface area contributed by atoms with Crippen molar-refractivity contribution in [1.82, 2.24) is 5.53 Å². The first-order valence-corrected chi connectivity index (χ1v) is 5.30. The molecule has 0 amide bonds. The second-order valence-corrected chi connectivity index (χ2v) is 4.86. The molecule has 0 heterocycles. The highest BCUT2D eigenvalue weighted by Gasteiger charge is 2.12. The van der Waals surface area contributed by atoms with Crippen molar-refractivity contribution in [2.75, 3.05) is 0 Å². The molecule has 0 bridgehead atoms. The van der Waals surface area contributed by atoms with Gasteiger partial charge in [0.1, 0.15) is 5.84 Å². The summed E-state index contributed by atoms with van der Waals surface area (Å²) in [6.07, 6.45) is 0.606. The van der Waals surface area contributed by atoms with Crippen molar-refractivity contribution in [1.29, 1.82) is 0 Å². The Morgan fingerprint density at radius 3 is 2.25 bits per heavy atom. The van der Waals surface area contributed by atoms with Gasteiger partial charge in [0.25, 0.3) is 0 Å². The minimum Gasteiger partial charge on any atom is -0.385 e. The average Bonchev–Trinajstić information content (AvgIpc) is 2.17. The lowest BCUT2D eigenvalue weighted by Gasteiger charge is -2.19. The standard InChI is InChI=1S/C12H20N4/c1-12(2,3)10-6-4-9(5-7-10)8-11(13)15-16-14/h4-7,16H,8,14H2,1-3H3,(H2,13,15). The molecule has 88 valence electrons. The number of hydrazone groups is 1. The van der Waals surface area contributed by atoms with Gasteiger partial charge >= 0.3 is 0 Å². The number of hydrogen-bond acceptors (Lipinski definition) is 3. The summed E-state index contributed by atoms with van der Waals surface area (Å²) in [6, 6.07) is 8.38. The largest absolute Gasteiger partial charge is 0.385 e. The van der Waals surface area contributed by atoms with Crippen molar-refractivity contribution in [2.24, 2.45) is 16.7 Å². The maximum Gasteiger partial charge on any atom is 0.125 e. The van der Waals surface area contributed by atoms with Gasteiger partial charge in [0, 0.05) is 6.42 Å². The molecular formula is C12H20N4. The van der Waals surface area contributed by atoms with E-state index in [9.17, 15) is 0 Å². The fourth-order valence-corrected chi connectivity index (χ4v) is 1.45. The van der Waals surface area contributed by atoms with Crippen molar-refractivity contribution in [2.45, 2.75) is 32.6 Å². The first-order chi connectivity index (χ1) is 7.43. The lowest BCUT2D eigenvalue weighted by molar-refractivity contribution is 0.590. The zero-order valence-electron chi connectivity index (χ0n) is 10.1. The lowest BCUT2D eigenvalue weighted by Crippen LogP contribution is -2.23. The summed E-state index contributed by atoms with van der Waals surface area (Å²) in [5.41, 5.74) is 10.4. The molecule has 4 heteroatoms. The van der Waals surface area contributed by atoms with Gasteiger partial charge in [-0.25, -0.2) is 11.4 Å². The second-order valence-electron chi connectivity index (χ2n) is 4.86. The highest BCUT2D eigenvalue weighted by molar-refractivity contribution is 5.82. The monoisotopic (exact) mass is 220 g/mol. The Kier molecular flexibility index (Phi) is 3.90. The summed E-state index contributed by atoms with van der Waals surface area (Å²) in [7, 11) is 0. The van der Waals surface area contributed by atoms with Crippen LogP contribution in [0.4, 0.5) is 0 Å². The van der Waals surface area contributed by atoms with Crippen molar-refractivity contribution in [3.8, 4) is 0 Å². The van der Waals surface area contributed by atoms with Crippen molar-refractivity contribution >= 4 is 5.84 Å². The van der Waals surface area contributed by atoms with Gasteiger partial charge in [-0.3, -0.25) is 0 Å². The van der Waals surface area contributed by atoms with Crippen LogP contribution in [0.15, 0.2) is 29.4 Å². The highest BCUT2D eigenvalue weighted by Crippen LogP contribution is 2.22. The van der Waals surface area contributed by atoms with Crippen molar-refractivity contribution in [3.63, 3.8) is 0 Å². The zero-order valence-corrected chi connectivity index (χ0v) is 10.1. The molecule has 0 aliphatic heterocycles. The van der Waals surface area contributed by atoms with Gasteiger partial charge in [-0.2, -0.15) is 5.10 Å². The summed E-state index contributed by atoms with van der Waals surface area (Å²) in [6.45, 7) is 6.57. The van der Waals surface area contributed by atoms with E-state index >= 15 is 0 Å². The van der Waals surface area contributed by atoms with E-state index in [1.807, 2.05) is 0 Å². The van der Waals surface area contributed by atoms with E-state index in [1.54, 1.807) is 0 Å². The Morgan fingerprint density at radius 2 is 1.81 bits per heavy atom. The van der Waals surface area contributed by atoms with E-state index in [1.165, 1.54) is 5.56 Å². The van der Waals surface area contributed by atoms with Gasteiger partial charge in [-0.05, 0) is 16.5 Å². The van der Waals surface area contributed by atoms with Gasteiger partial charge in [-0.1, -0.05) is 45.0 Å². The van der Waals surface area contributed by atoms with Crippen LogP contribution in [0.25, 0.3) is 0 Å². The first-order valence-electron chi connectivity index (χ1n) is 5.30. The molecule has 0 aromatic heterocycles. The van der Waals surface area contributed by atoms with E-state index in [0.29, 0.717) is 12.3 Å². The van der Waals surface area contributed by atoms with Gasteiger partial charge < -0.3 is 5.73 Å². The lowest BCUT2D eigenvalue weighted by atomic mass is 9.86. The van der Waals surface area contributed by atoms with Crippen LogP contribution in [0.5, 0.6) is 0 Å². The number of amidine groups is 1. The van der Waals surface area contributed by atoms with Gasteiger partial charge in [0.2, 0.25) is 0 Å². The molecule has 0 unspecified atom stereocenters. The summed E-state index contributed by atoms with van der Waals surface area (Å²) in [4.78, 5) is 0. The Balaban J connectivity index is 2.76. The fourth-order valence-electron chi connectivity index (χ4n) is 1.45. The molecule has 0 saturated carbocycles. The molecule has 0 radical (unpaired) electrons. The summed E-state index contributed by atoms with van der Waals surface area (Å²) in [5, 5.41) is 3.71. The molecule has 16 heavy (non-hydrogen) atoms. The number of hydrogen-bond donors (Lipinski definition) is 3. The van der Waals surface area contributed by atoms with Crippen LogP contribution in [0.3, 0.4) is 0 Å². The molecule has 4 nitrogen and oxygen atoms in total. The van der Waals surface area contributed by atoms with Crippen LogP contribution in [0.2, 0.25) is 0 Å². The van der Waals surface area contributed by atoms with Crippen molar-refractivity contribution < 1.29 is 0 Å². The maximum atomic E-state index is 5.65. The van der Waals surface area contributed by atoms with Crippen LogP contribution >= 0.6 is 0 Å². The van der Waals surface area contributed by atoms with Crippen LogP contribution in [-0.2, 0) is 11.8 Å².